The number of halogens is 3. The minimum absolute atomic E-state index is 0.0457. The van der Waals surface area contributed by atoms with Crippen LogP contribution in [0.15, 0.2) is 54.6 Å². The van der Waals surface area contributed by atoms with Gasteiger partial charge in [-0.15, -0.1) is 0 Å². The summed E-state index contributed by atoms with van der Waals surface area (Å²) in [4.78, 5) is 0. The lowest BCUT2D eigenvalue weighted by Gasteiger charge is -2.29. The third kappa shape index (κ3) is 6.97. The van der Waals surface area contributed by atoms with Crippen molar-refractivity contribution in [3.63, 3.8) is 0 Å². The molecule has 3 aromatic rings. The molecule has 0 unspecified atom stereocenters. The molecule has 0 spiro atoms. The number of aryl methyl sites for hydroxylation is 2. The summed E-state index contributed by atoms with van der Waals surface area (Å²) in [5.74, 6) is -1.50. The van der Waals surface area contributed by atoms with Crippen molar-refractivity contribution in [1.82, 2.24) is 0 Å². The van der Waals surface area contributed by atoms with E-state index in [4.69, 9.17) is 4.74 Å². The maximum atomic E-state index is 14.9. The second-order valence-electron chi connectivity index (χ2n) is 10.5. The average molecular weight is 509 g/mol. The molecule has 0 N–H and O–H groups in total. The molecule has 0 aromatic heterocycles. The van der Waals surface area contributed by atoms with Crippen molar-refractivity contribution >= 4 is 0 Å². The van der Waals surface area contributed by atoms with E-state index in [9.17, 15) is 13.2 Å². The van der Waals surface area contributed by atoms with Gasteiger partial charge in [0.05, 0.1) is 6.61 Å². The molecule has 4 rings (SSSR count). The lowest BCUT2D eigenvalue weighted by Crippen LogP contribution is -2.20. The minimum atomic E-state index is -0.940. The molecule has 0 radical (unpaired) electrons. The summed E-state index contributed by atoms with van der Waals surface area (Å²) in [6, 6.07) is 16.5. The van der Waals surface area contributed by atoms with Crippen LogP contribution in [0.5, 0.6) is 5.75 Å². The molecular weight excluding hydrogens is 469 g/mol. The van der Waals surface area contributed by atoms with E-state index in [0.29, 0.717) is 12.2 Å². The maximum Gasteiger partial charge on any atom is 0.201 e. The predicted molar refractivity (Wildman–Crippen MR) is 146 cm³/mol. The molecule has 0 heterocycles. The Morgan fingerprint density at radius 1 is 0.730 bits per heavy atom. The van der Waals surface area contributed by atoms with Gasteiger partial charge in [-0.2, -0.15) is 4.39 Å². The zero-order chi connectivity index (χ0) is 26.2. The Morgan fingerprint density at radius 3 is 2.14 bits per heavy atom. The number of hydrogen-bond donors (Lipinski definition) is 0. The first kappa shape index (κ1) is 27.3. The third-order valence-corrected chi connectivity index (χ3v) is 7.75. The standard InChI is InChI=1S/C33H39F3O/c1-3-5-6-8-24-13-18-28(30(34)21-24)26-16-11-25(12-17-26)22-37-31-20-19-29(32(35)33(31)36)27-14-9-23(7-4-2)10-15-27/h9-10,13-15,18-21,25-26H,3-8,11-12,16-17,22H2,1-2H3. The Morgan fingerprint density at radius 2 is 1.46 bits per heavy atom. The molecule has 0 amide bonds. The SMILES string of the molecule is CCCCCc1ccc(C2CCC(COc3ccc(-c4ccc(CCC)cc4)c(F)c3F)CC2)c(F)c1. The van der Waals surface area contributed by atoms with E-state index in [0.717, 1.165) is 68.9 Å². The highest BCUT2D eigenvalue weighted by Gasteiger charge is 2.25. The van der Waals surface area contributed by atoms with E-state index < -0.39 is 11.6 Å². The lowest BCUT2D eigenvalue weighted by molar-refractivity contribution is 0.192. The summed E-state index contributed by atoms with van der Waals surface area (Å²) in [5, 5.41) is 0. The highest BCUT2D eigenvalue weighted by atomic mass is 19.2. The molecule has 3 aromatic carbocycles. The molecule has 1 nitrogen and oxygen atoms in total. The van der Waals surface area contributed by atoms with Crippen molar-refractivity contribution < 1.29 is 17.9 Å². The fraction of sp³-hybridized carbons (Fsp3) is 0.455. The van der Waals surface area contributed by atoms with Crippen LogP contribution in [0.4, 0.5) is 13.2 Å². The molecule has 1 aliphatic rings. The Labute approximate surface area is 220 Å². The van der Waals surface area contributed by atoms with Crippen LogP contribution < -0.4 is 4.74 Å². The van der Waals surface area contributed by atoms with Gasteiger partial charge in [-0.05, 0) is 97.2 Å². The van der Waals surface area contributed by atoms with Crippen LogP contribution in [-0.2, 0) is 12.8 Å². The van der Waals surface area contributed by atoms with E-state index >= 15 is 0 Å². The van der Waals surface area contributed by atoms with Crippen molar-refractivity contribution in [3.8, 4) is 16.9 Å². The molecule has 37 heavy (non-hydrogen) atoms. The second-order valence-corrected chi connectivity index (χ2v) is 10.5. The van der Waals surface area contributed by atoms with Gasteiger partial charge in [-0.1, -0.05) is 69.5 Å². The first-order valence-electron chi connectivity index (χ1n) is 14.0. The fourth-order valence-electron chi connectivity index (χ4n) is 5.49. The summed E-state index contributed by atoms with van der Waals surface area (Å²) >= 11 is 0. The molecule has 1 saturated carbocycles. The molecule has 0 aliphatic heterocycles. The van der Waals surface area contributed by atoms with E-state index in [1.54, 1.807) is 12.1 Å². The molecule has 0 bridgehead atoms. The van der Waals surface area contributed by atoms with Crippen LogP contribution in [-0.4, -0.2) is 6.61 Å². The van der Waals surface area contributed by atoms with Crippen molar-refractivity contribution in [1.29, 1.82) is 0 Å². The Bertz CT molecular complexity index is 1150. The van der Waals surface area contributed by atoms with Crippen molar-refractivity contribution in [2.45, 2.75) is 84.0 Å². The summed E-state index contributed by atoms with van der Waals surface area (Å²) in [7, 11) is 0. The predicted octanol–water partition coefficient (Wildman–Crippen LogP) is 9.81. The molecule has 0 saturated heterocycles. The Balaban J connectivity index is 1.31. The number of benzene rings is 3. The van der Waals surface area contributed by atoms with Crippen LogP contribution in [0.3, 0.4) is 0 Å². The maximum absolute atomic E-state index is 14.9. The zero-order valence-electron chi connectivity index (χ0n) is 22.2. The van der Waals surface area contributed by atoms with Crippen LogP contribution in [0.1, 0.15) is 87.8 Å². The first-order chi connectivity index (χ1) is 18.0. The monoisotopic (exact) mass is 508 g/mol. The number of rotatable bonds is 11. The zero-order valence-corrected chi connectivity index (χ0v) is 22.2. The quantitative estimate of drug-likeness (QED) is 0.234. The van der Waals surface area contributed by atoms with Gasteiger partial charge >= 0.3 is 0 Å². The van der Waals surface area contributed by atoms with Gasteiger partial charge in [0.25, 0.3) is 0 Å². The van der Waals surface area contributed by atoms with Gasteiger partial charge in [0.2, 0.25) is 5.82 Å². The molecule has 198 valence electrons. The van der Waals surface area contributed by atoms with Gasteiger partial charge in [0, 0.05) is 5.56 Å². The Hall–Kier alpha value is -2.75. The molecule has 1 aliphatic carbocycles. The van der Waals surface area contributed by atoms with E-state index in [2.05, 4.69) is 19.9 Å². The lowest BCUT2D eigenvalue weighted by atomic mass is 9.78. The summed E-state index contributed by atoms with van der Waals surface area (Å²) in [6.45, 7) is 4.62. The highest BCUT2D eigenvalue weighted by Crippen LogP contribution is 2.38. The first-order valence-corrected chi connectivity index (χ1v) is 14.0. The van der Waals surface area contributed by atoms with Crippen LogP contribution in [0.2, 0.25) is 0 Å². The smallest absolute Gasteiger partial charge is 0.201 e. The highest BCUT2D eigenvalue weighted by molar-refractivity contribution is 5.65. The van der Waals surface area contributed by atoms with Gasteiger partial charge in [0.15, 0.2) is 11.6 Å². The van der Waals surface area contributed by atoms with Gasteiger partial charge in [-0.25, -0.2) is 8.78 Å². The normalized spacial score (nSPS) is 17.6. The summed E-state index contributed by atoms with van der Waals surface area (Å²) in [5.41, 5.74) is 3.97. The topological polar surface area (TPSA) is 9.23 Å². The number of ether oxygens (including phenoxy) is 1. The van der Waals surface area contributed by atoms with Gasteiger partial charge in [-0.3, -0.25) is 0 Å². The summed E-state index contributed by atoms with van der Waals surface area (Å²) in [6.07, 6.45) is 9.89. The van der Waals surface area contributed by atoms with E-state index in [-0.39, 0.29) is 29.0 Å². The van der Waals surface area contributed by atoms with Crippen molar-refractivity contribution in [2.24, 2.45) is 5.92 Å². The van der Waals surface area contributed by atoms with Crippen molar-refractivity contribution in [3.05, 3.63) is 88.7 Å². The van der Waals surface area contributed by atoms with Gasteiger partial charge in [0.1, 0.15) is 5.82 Å². The minimum Gasteiger partial charge on any atom is -0.490 e. The molecule has 4 heteroatoms. The third-order valence-electron chi connectivity index (χ3n) is 7.75. The number of unbranched alkanes of at least 4 members (excludes halogenated alkanes) is 2. The Kier molecular flexibility index (Phi) is 9.71. The molecule has 0 atom stereocenters. The average Bonchev–Trinajstić information content (AvgIpc) is 2.91. The van der Waals surface area contributed by atoms with Crippen LogP contribution in [0.25, 0.3) is 11.1 Å². The van der Waals surface area contributed by atoms with Crippen LogP contribution in [0, 0.1) is 23.4 Å². The van der Waals surface area contributed by atoms with Crippen LogP contribution >= 0.6 is 0 Å². The van der Waals surface area contributed by atoms with Gasteiger partial charge < -0.3 is 4.74 Å². The van der Waals surface area contributed by atoms with Crippen molar-refractivity contribution in [2.75, 3.05) is 6.61 Å². The largest absolute Gasteiger partial charge is 0.490 e. The second kappa shape index (κ2) is 13.2. The van der Waals surface area contributed by atoms with E-state index in [1.165, 1.54) is 18.1 Å². The molecular formula is C33H39F3O. The molecule has 1 fully saturated rings. The fourth-order valence-corrected chi connectivity index (χ4v) is 5.49. The summed E-state index contributed by atoms with van der Waals surface area (Å²) < 4.78 is 50.2. The van der Waals surface area contributed by atoms with E-state index in [1.807, 2.05) is 30.3 Å². The number of hydrogen-bond acceptors (Lipinski definition) is 1.